The summed E-state index contributed by atoms with van der Waals surface area (Å²) in [5, 5.41) is 5.55. The van der Waals surface area contributed by atoms with Gasteiger partial charge in [0.05, 0.1) is 17.0 Å². The van der Waals surface area contributed by atoms with Crippen molar-refractivity contribution in [2.45, 2.75) is 24.8 Å². The van der Waals surface area contributed by atoms with Gasteiger partial charge in [-0.2, -0.15) is 5.10 Å². The van der Waals surface area contributed by atoms with E-state index in [1.54, 1.807) is 17.8 Å². The van der Waals surface area contributed by atoms with Crippen molar-refractivity contribution in [3.05, 3.63) is 108 Å². The maximum atomic E-state index is 14.0. The van der Waals surface area contributed by atoms with Crippen LogP contribution < -0.4 is 5.73 Å². The van der Waals surface area contributed by atoms with E-state index in [-0.39, 0.29) is 24.1 Å². The van der Waals surface area contributed by atoms with E-state index < -0.39 is 17.4 Å². The summed E-state index contributed by atoms with van der Waals surface area (Å²) in [7, 11) is 3.51. The van der Waals surface area contributed by atoms with Gasteiger partial charge in [0.1, 0.15) is 0 Å². The normalized spacial score (nSPS) is 20.6. The second-order valence-corrected chi connectivity index (χ2v) is 10.0. The predicted octanol–water partition coefficient (Wildman–Crippen LogP) is 4.65. The Labute approximate surface area is 222 Å². The van der Waals surface area contributed by atoms with Crippen molar-refractivity contribution in [3.63, 3.8) is 0 Å². The summed E-state index contributed by atoms with van der Waals surface area (Å²) in [5.74, 6) is -1.19. The van der Waals surface area contributed by atoms with Crippen LogP contribution in [-0.2, 0) is 22.2 Å². The van der Waals surface area contributed by atoms with Crippen LogP contribution in [0, 0.1) is 5.92 Å². The monoisotopic (exact) mass is 505 g/mol. The first-order valence-electron chi connectivity index (χ1n) is 12.6. The van der Waals surface area contributed by atoms with Crippen LogP contribution in [0.25, 0.3) is 17.0 Å². The summed E-state index contributed by atoms with van der Waals surface area (Å²) >= 11 is 0. The molecular formula is C31H31N5O2. The van der Waals surface area contributed by atoms with Crippen LogP contribution >= 0.6 is 0 Å². The molecule has 2 N–H and O–H groups in total. The Hall–Kier alpha value is -4.52. The maximum absolute atomic E-state index is 14.0. The summed E-state index contributed by atoms with van der Waals surface area (Å²) in [6, 6.07) is 25.3. The van der Waals surface area contributed by atoms with Crippen molar-refractivity contribution in [2.24, 2.45) is 23.7 Å². The highest BCUT2D eigenvalue weighted by molar-refractivity contribution is 6.01. The van der Waals surface area contributed by atoms with Crippen LogP contribution in [0.15, 0.2) is 96.1 Å². The van der Waals surface area contributed by atoms with Crippen molar-refractivity contribution in [1.29, 1.82) is 0 Å². The molecule has 7 heteroatoms. The maximum Gasteiger partial charge on any atom is 0.235 e. The molecule has 0 spiro atoms. The van der Waals surface area contributed by atoms with Gasteiger partial charge in [-0.25, -0.2) is 4.99 Å². The predicted molar refractivity (Wildman–Crippen MR) is 150 cm³/mol. The largest absolute Gasteiger partial charge is 0.369 e. The average molecular weight is 506 g/mol. The van der Waals surface area contributed by atoms with Gasteiger partial charge in [-0.05, 0) is 35.8 Å². The van der Waals surface area contributed by atoms with Crippen LogP contribution in [-0.4, -0.2) is 39.4 Å². The number of amides is 1. The molecule has 0 saturated heterocycles. The second kappa shape index (κ2) is 10.1. The molecule has 1 aromatic heterocycles. The number of fused-ring (bicyclic) bond motifs is 1. The minimum absolute atomic E-state index is 0.0665. The number of hydrogen-bond donors (Lipinski definition) is 1. The van der Waals surface area contributed by atoms with Crippen LogP contribution in [0.1, 0.15) is 36.0 Å². The fourth-order valence-corrected chi connectivity index (χ4v) is 5.37. The first-order chi connectivity index (χ1) is 18.3. The van der Waals surface area contributed by atoms with Crippen LogP contribution in [0.3, 0.4) is 0 Å². The first-order valence-corrected chi connectivity index (χ1v) is 12.6. The topological polar surface area (TPSA) is 93.6 Å². The fraction of sp³-hybridized carbons (Fsp3) is 0.226. The lowest BCUT2D eigenvalue weighted by atomic mass is 9.68. The summed E-state index contributed by atoms with van der Waals surface area (Å²) < 4.78 is 1.76. The van der Waals surface area contributed by atoms with Crippen molar-refractivity contribution < 1.29 is 9.59 Å². The van der Waals surface area contributed by atoms with Gasteiger partial charge in [0, 0.05) is 38.0 Å². The van der Waals surface area contributed by atoms with E-state index in [9.17, 15) is 9.59 Å². The zero-order chi connectivity index (χ0) is 26.9. The number of rotatable bonds is 7. The lowest BCUT2D eigenvalue weighted by Crippen LogP contribution is -2.55. The zero-order valence-corrected chi connectivity index (χ0v) is 21.8. The highest BCUT2D eigenvalue weighted by Gasteiger charge is 2.50. The molecule has 0 fully saturated rings. The third-order valence-electron chi connectivity index (χ3n) is 7.41. The minimum Gasteiger partial charge on any atom is -0.369 e. The minimum atomic E-state index is -1.01. The lowest BCUT2D eigenvalue weighted by molar-refractivity contribution is -0.135. The molecule has 3 aromatic carbocycles. The Kier molecular flexibility index (Phi) is 6.68. The SMILES string of the molecule is CN1C(=O)[C@@H](C(CC(=O)C=Cc2ccccc2)c2ccccc2)[C@@](C)(c2ccc3cn(C)nc3c2)N=C1N. The number of nitrogens with two attached hydrogens (primary N) is 1. The molecule has 1 amide bonds. The average Bonchev–Trinajstić information content (AvgIpc) is 3.30. The van der Waals surface area contributed by atoms with Crippen molar-refractivity contribution in [1.82, 2.24) is 14.7 Å². The molecule has 1 aliphatic rings. The third-order valence-corrected chi connectivity index (χ3v) is 7.41. The van der Waals surface area contributed by atoms with Crippen molar-refractivity contribution in [2.75, 3.05) is 7.05 Å². The molecule has 0 bridgehead atoms. The molecule has 192 valence electrons. The van der Waals surface area contributed by atoms with Gasteiger partial charge in [0.15, 0.2) is 11.7 Å². The number of aryl methyl sites for hydroxylation is 1. The Balaban J connectivity index is 1.60. The standard InChI is InChI=1S/C31H31N5O2/c1-31(24-16-15-23-20-35(2)34-27(23)18-24)28(29(38)36(3)30(32)33-31)26(22-12-8-5-9-13-22)19-25(37)17-14-21-10-6-4-7-11-21/h4-18,20,26,28H,19H2,1-3H3,(H2,32,33)/t26?,28-,31-/m1/s1. The molecule has 3 atom stereocenters. The van der Waals surface area contributed by atoms with E-state index in [0.29, 0.717) is 0 Å². The van der Waals surface area contributed by atoms with E-state index in [2.05, 4.69) is 5.10 Å². The molecule has 0 radical (unpaired) electrons. The van der Waals surface area contributed by atoms with Gasteiger partial charge in [0.25, 0.3) is 0 Å². The molecule has 38 heavy (non-hydrogen) atoms. The quantitative estimate of drug-likeness (QED) is 0.370. The van der Waals surface area contributed by atoms with E-state index in [1.165, 1.54) is 4.90 Å². The number of aromatic nitrogens is 2. The number of nitrogens with zero attached hydrogens (tertiary/aromatic N) is 4. The Morgan fingerprint density at radius 2 is 1.74 bits per heavy atom. The van der Waals surface area contributed by atoms with Gasteiger partial charge in [-0.3, -0.25) is 19.2 Å². The Bertz CT molecular complexity index is 1540. The number of aliphatic imine (C=N–C) groups is 1. The number of allylic oxidation sites excluding steroid dienone is 1. The van der Waals surface area contributed by atoms with Gasteiger partial charge < -0.3 is 5.73 Å². The zero-order valence-electron chi connectivity index (χ0n) is 21.8. The van der Waals surface area contributed by atoms with Gasteiger partial charge in [-0.1, -0.05) is 78.9 Å². The molecular weight excluding hydrogens is 474 g/mol. The highest BCUT2D eigenvalue weighted by atomic mass is 16.2. The van der Waals surface area contributed by atoms with Crippen LogP contribution in [0.4, 0.5) is 0 Å². The second-order valence-electron chi connectivity index (χ2n) is 10.0. The van der Waals surface area contributed by atoms with Crippen LogP contribution in [0.2, 0.25) is 0 Å². The van der Waals surface area contributed by atoms with Crippen molar-refractivity contribution >= 4 is 34.6 Å². The summed E-state index contributed by atoms with van der Waals surface area (Å²) in [5.41, 5.74) is 8.74. The molecule has 0 aliphatic carbocycles. The summed E-state index contributed by atoms with van der Waals surface area (Å²) in [6.45, 7) is 1.93. The number of carbonyl (C=O) groups is 2. The van der Waals surface area contributed by atoms with Gasteiger partial charge in [-0.15, -0.1) is 0 Å². The van der Waals surface area contributed by atoms with Crippen molar-refractivity contribution in [3.8, 4) is 0 Å². The molecule has 0 saturated carbocycles. The number of carbonyl (C=O) groups excluding carboxylic acids is 2. The number of benzene rings is 3. The van der Waals surface area contributed by atoms with Gasteiger partial charge >= 0.3 is 0 Å². The van der Waals surface area contributed by atoms with E-state index in [0.717, 1.165) is 27.6 Å². The lowest BCUT2D eigenvalue weighted by Gasteiger charge is -2.44. The number of hydrogen-bond acceptors (Lipinski definition) is 5. The Morgan fingerprint density at radius 1 is 1.05 bits per heavy atom. The first kappa shape index (κ1) is 25.1. The molecule has 1 unspecified atom stereocenters. The fourth-order valence-electron chi connectivity index (χ4n) is 5.37. The molecule has 5 rings (SSSR count). The molecule has 1 aliphatic heterocycles. The third kappa shape index (κ3) is 4.75. The Morgan fingerprint density at radius 3 is 2.45 bits per heavy atom. The van der Waals surface area contributed by atoms with Crippen LogP contribution in [0.5, 0.6) is 0 Å². The summed E-state index contributed by atoms with van der Waals surface area (Å²) in [4.78, 5) is 33.6. The highest BCUT2D eigenvalue weighted by Crippen LogP contribution is 2.47. The van der Waals surface area contributed by atoms with E-state index in [4.69, 9.17) is 10.7 Å². The van der Waals surface area contributed by atoms with E-state index >= 15 is 0 Å². The smallest absolute Gasteiger partial charge is 0.235 e. The summed E-state index contributed by atoms with van der Waals surface area (Å²) in [6.07, 6.45) is 5.50. The van der Waals surface area contributed by atoms with E-state index in [1.807, 2.05) is 105 Å². The van der Waals surface area contributed by atoms with Gasteiger partial charge in [0.2, 0.25) is 5.91 Å². The molecule has 7 nitrogen and oxygen atoms in total. The molecule has 4 aromatic rings. The number of guanidine groups is 1. The molecule has 2 heterocycles. The number of ketones is 1.